The first kappa shape index (κ1) is 19.3. The minimum Gasteiger partial charge on any atom is -0.503 e. The van der Waals surface area contributed by atoms with Gasteiger partial charge in [-0.15, -0.1) is 0 Å². The van der Waals surface area contributed by atoms with Crippen molar-refractivity contribution in [2.24, 2.45) is 0 Å². The maximum absolute atomic E-state index is 14.5. The predicted molar refractivity (Wildman–Crippen MR) is 99.4 cm³/mol. The van der Waals surface area contributed by atoms with Crippen molar-refractivity contribution in [1.82, 2.24) is 0 Å². The standard InChI is InChI=1S/C21H18FNO5/c1-3-28-21(27)13-8-10-14(11-9-13)23-18(15-6-4-5-7-16(15)22)17(12(2)24)19(25)20(23)26/h4-11,18,25H,3H2,1-2H3/t18-/m0/s1. The fourth-order valence-corrected chi connectivity index (χ4v) is 3.19. The van der Waals surface area contributed by atoms with E-state index in [1.54, 1.807) is 13.0 Å². The van der Waals surface area contributed by atoms with Crippen LogP contribution in [0.5, 0.6) is 0 Å². The summed E-state index contributed by atoms with van der Waals surface area (Å²) in [6.45, 7) is 3.12. The van der Waals surface area contributed by atoms with E-state index >= 15 is 0 Å². The molecular formula is C21H18FNO5. The predicted octanol–water partition coefficient (Wildman–Crippen LogP) is 3.49. The lowest BCUT2D eigenvalue weighted by Crippen LogP contribution is -2.31. The van der Waals surface area contributed by atoms with Gasteiger partial charge in [0.05, 0.1) is 23.8 Å². The summed E-state index contributed by atoms with van der Waals surface area (Å²) in [5.74, 6) is -3.19. The Morgan fingerprint density at radius 3 is 2.36 bits per heavy atom. The highest BCUT2D eigenvalue weighted by atomic mass is 19.1. The number of aliphatic hydroxyl groups excluding tert-OH is 1. The normalized spacial score (nSPS) is 16.5. The van der Waals surface area contributed by atoms with Crippen molar-refractivity contribution in [3.63, 3.8) is 0 Å². The Labute approximate surface area is 160 Å². The van der Waals surface area contributed by atoms with Crippen LogP contribution in [0.25, 0.3) is 0 Å². The first-order chi connectivity index (χ1) is 13.4. The molecule has 7 heteroatoms. The largest absolute Gasteiger partial charge is 0.503 e. The van der Waals surface area contributed by atoms with Crippen LogP contribution in [0.15, 0.2) is 59.9 Å². The molecule has 1 amide bonds. The molecule has 0 radical (unpaired) electrons. The van der Waals surface area contributed by atoms with Crippen LogP contribution >= 0.6 is 0 Å². The summed E-state index contributed by atoms with van der Waals surface area (Å²) >= 11 is 0. The Balaban J connectivity index is 2.08. The number of hydrogen-bond acceptors (Lipinski definition) is 5. The Hall–Kier alpha value is -3.48. The summed E-state index contributed by atoms with van der Waals surface area (Å²) in [5, 5.41) is 10.3. The van der Waals surface area contributed by atoms with E-state index in [-0.39, 0.29) is 23.3 Å². The number of rotatable bonds is 5. The lowest BCUT2D eigenvalue weighted by atomic mass is 9.96. The van der Waals surface area contributed by atoms with Gasteiger partial charge >= 0.3 is 5.97 Å². The highest BCUT2D eigenvalue weighted by Gasteiger charge is 2.44. The maximum Gasteiger partial charge on any atom is 0.338 e. The fourth-order valence-electron chi connectivity index (χ4n) is 3.19. The van der Waals surface area contributed by atoms with Crippen LogP contribution in [0.2, 0.25) is 0 Å². The molecule has 6 nitrogen and oxygen atoms in total. The van der Waals surface area contributed by atoms with E-state index in [4.69, 9.17) is 4.74 Å². The number of benzene rings is 2. The molecule has 0 fully saturated rings. The van der Waals surface area contributed by atoms with E-state index in [2.05, 4.69) is 0 Å². The van der Waals surface area contributed by atoms with E-state index in [1.165, 1.54) is 49.4 Å². The molecule has 1 atom stereocenters. The zero-order valence-corrected chi connectivity index (χ0v) is 15.3. The van der Waals surface area contributed by atoms with Crippen molar-refractivity contribution in [3.8, 4) is 0 Å². The molecule has 0 saturated carbocycles. The highest BCUT2D eigenvalue weighted by Crippen LogP contribution is 2.41. The average Bonchev–Trinajstić information content (AvgIpc) is 2.93. The number of esters is 1. The smallest absolute Gasteiger partial charge is 0.338 e. The minimum atomic E-state index is -1.11. The Morgan fingerprint density at radius 2 is 1.79 bits per heavy atom. The number of ketones is 1. The number of ether oxygens (including phenoxy) is 1. The van der Waals surface area contributed by atoms with Crippen LogP contribution in [0.3, 0.4) is 0 Å². The third kappa shape index (κ3) is 3.26. The molecule has 0 bridgehead atoms. The van der Waals surface area contributed by atoms with E-state index < -0.39 is 35.3 Å². The van der Waals surface area contributed by atoms with Gasteiger partial charge in [-0.3, -0.25) is 14.5 Å². The molecule has 0 aromatic heterocycles. The Bertz CT molecular complexity index is 981. The van der Waals surface area contributed by atoms with Gasteiger partial charge in [0.2, 0.25) is 0 Å². The molecule has 144 valence electrons. The van der Waals surface area contributed by atoms with Crippen LogP contribution in [0.4, 0.5) is 10.1 Å². The second-order valence-corrected chi connectivity index (χ2v) is 6.19. The Kier molecular flexibility index (Phi) is 5.26. The molecule has 2 aromatic rings. The van der Waals surface area contributed by atoms with Crippen molar-refractivity contribution in [3.05, 3.63) is 76.8 Å². The van der Waals surface area contributed by atoms with Crippen LogP contribution in [-0.4, -0.2) is 29.4 Å². The molecule has 0 saturated heterocycles. The third-order valence-electron chi connectivity index (χ3n) is 4.44. The Morgan fingerprint density at radius 1 is 1.14 bits per heavy atom. The summed E-state index contributed by atoms with van der Waals surface area (Å²) in [7, 11) is 0. The molecule has 3 rings (SSSR count). The van der Waals surface area contributed by atoms with E-state index in [9.17, 15) is 23.9 Å². The molecule has 0 unspecified atom stereocenters. The van der Waals surface area contributed by atoms with Crippen molar-refractivity contribution in [1.29, 1.82) is 0 Å². The fraction of sp³-hybridized carbons (Fsp3) is 0.190. The summed E-state index contributed by atoms with van der Waals surface area (Å²) in [4.78, 5) is 37.8. The molecular weight excluding hydrogens is 365 g/mol. The second-order valence-electron chi connectivity index (χ2n) is 6.19. The van der Waals surface area contributed by atoms with Crippen LogP contribution in [0, 0.1) is 5.82 Å². The number of amides is 1. The number of aliphatic hydroxyl groups is 1. The van der Waals surface area contributed by atoms with Gasteiger partial charge in [0.15, 0.2) is 11.5 Å². The van der Waals surface area contributed by atoms with Gasteiger partial charge in [-0.25, -0.2) is 9.18 Å². The van der Waals surface area contributed by atoms with Gasteiger partial charge in [0.1, 0.15) is 5.82 Å². The van der Waals surface area contributed by atoms with Crippen molar-refractivity contribution >= 4 is 23.3 Å². The van der Waals surface area contributed by atoms with Gasteiger partial charge in [0, 0.05) is 11.3 Å². The number of carbonyl (C=O) groups is 3. The van der Waals surface area contributed by atoms with Crippen molar-refractivity contribution in [2.75, 3.05) is 11.5 Å². The van der Waals surface area contributed by atoms with Gasteiger partial charge < -0.3 is 9.84 Å². The van der Waals surface area contributed by atoms with Crippen LogP contribution < -0.4 is 4.90 Å². The molecule has 2 aromatic carbocycles. The van der Waals surface area contributed by atoms with Crippen molar-refractivity contribution < 1.29 is 28.6 Å². The first-order valence-corrected chi connectivity index (χ1v) is 8.66. The quantitative estimate of drug-likeness (QED) is 0.799. The van der Waals surface area contributed by atoms with E-state index in [1.807, 2.05) is 0 Å². The third-order valence-corrected chi connectivity index (χ3v) is 4.44. The van der Waals surface area contributed by atoms with Crippen LogP contribution in [0.1, 0.15) is 35.8 Å². The second kappa shape index (κ2) is 7.64. The van der Waals surface area contributed by atoms with Crippen molar-refractivity contribution in [2.45, 2.75) is 19.9 Å². The zero-order valence-electron chi connectivity index (χ0n) is 15.3. The zero-order chi connectivity index (χ0) is 20.4. The lowest BCUT2D eigenvalue weighted by Gasteiger charge is -2.27. The monoisotopic (exact) mass is 383 g/mol. The number of halogens is 1. The topological polar surface area (TPSA) is 83.9 Å². The molecule has 1 N–H and O–H groups in total. The van der Waals surface area contributed by atoms with Gasteiger partial charge in [-0.05, 0) is 44.2 Å². The number of Topliss-reactive ketones (excluding diaryl/α,β-unsaturated/α-hetero) is 1. The van der Waals surface area contributed by atoms with Crippen LogP contribution in [-0.2, 0) is 14.3 Å². The molecule has 1 aliphatic heterocycles. The number of anilines is 1. The molecule has 1 aliphatic rings. The van der Waals surface area contributed by atoms with Gasteiger partial charge in [-0.2, -0.15) is 0 Å². The minimum absolute atomic E-state index is 0.0829. The molecule has 0 aliphatic carbocycles. The first-order valence-electron chi connectivity index (χ1n) is 8.66. The van der Waals surface area contributed by atoms with E-state index in [0.29, 0.717) is 5.69 Å². The van der Waals surface area contributed by atoms with E-state index in [0.717, 1.165) is 4.90 Å². The summed E-state index contributed by atoms with van der Waals surface area (Å²) in [6.07, 6.45) is 0. The summed E-state index contributed by atoms with van der Waals surface area (Å²) < 4.78 is 19.4. The number of nitrogens with zero attached hydrogens (tertiary/aromatic N) is 1. The highest BCUT2D eigenvalue weighted by molar-refractivity contribution is 6.16. The van der Waals surface area contributed by atoms with Gasteiger partial charge in [0.25, 0.3) is 5.91 Å². The molecule has 0 spiro atoms. The lowest BCUT2D eigenvalue weighted by molar-refractivity contribution is -0.117. The maximum atomic E-state index is 14.5. The summed E-state index contributed by atoms with van der Waals surface area (Å²) in [6, 6.07) is 10.5. The SMILES string of the molecule is CCOC(=O)c1ccc(N2C(=O)C(O)=C(C(C)=O)[C@@H]2c2ccccc2F)cc1. The molecule has 28 heavy (non-hydrogen) atoms. The average molecular weight is 383 g/mol. The van der Waals surface area contributed by atoms with Gasteiger partial charge in [-0.1, -0.05) is 18.2 Å². The number of carbonyl (C=O) groups excluding carboxylic acids is 3. The number of hydrogen-bond donors (Lipinski definition) is 1. The molecule has 1 heterocycles. The summed E-state index contributed by atoms with van der Waals surface area (Å²) in [5.41, 5.74) is 0.488.